The van der Waals surface area contributed by atoms with Crippen molar-refractivity contribution in [1.29, 1.82) is 0 Å². The molecule has 0 aliphatic carbocycles. The summed E-state index contributed by atoms with van der Waals surface area (Å²) in [6, 6.07) is 9.83. The summed E-state index contributed by atoms with van der Waals surface area (Å²) >= 11 is 1.11. The maximum atomic E-state index is 12.5. The highest BCUT2D eigenvalue weighted by Crippen LogP contribution is 2.62. The van der Waals surface area contributed by atoms with Crippen molar-refractivity contribution in [2.45, 2.75) is 39.9 Å². The van der Waals surface area contributed by atoms with E-state index < -0.39 is 6.80 Å². The Kier molecular flexibility index (Phi) is 6.87. The molecule has 5 heteroatoms. The molecule has 0 bridgehead atoms. The van der Waals surface area contributed by atoms with Crippen LogP contribution in [0.5, 0.6) is 0 Å². The molecule has 0 spiro atoms. The van der Waals surface area contributed by atoms with Crippen molar-refractivity contribution in [2.24, 2.45) is 0 Å². The average Bonchev–Trinajstić information content (AvgIpc) is 2.27. The van der Waals surface area contributed by atoms with E-state index in [2.05, 4.69) is 0 Å². The molecule has 0 aromatic heterocycles. The van der Waals surface area contributed by atoms with Gasteiger partial charge in [-0.25, -0.2) is 4.57 Å². The lowest BCUT2D eigenvalue weighted by Gasteiger charge is -2.20. The van der Waals surface area contributed by atoms with Gasteiger partial charge in [0.2, 0.25) is 0 Å². The van der Waals surface area contributed by atoms with E-state index in [0.717, 1.165) is 16.9 Å². The summed E-state index contributed by atoms with van der Waals surface area (Å²) in [4.78, 5) is 0. The van der Waals surface area contributed by atoms with Gasteiger partial charge < -0.3 is 0 Å². The van der Waals surface area contributed by atoms with Crippen molar-refractivity contribution in [1.82, 2.24) is 0 Å². The summed E-state index contributed by atoms with van der Waals surface area (Å²) in [6.45, 7) is 4.24. The Morgan fingerprint density at radius 2 is 1.58 bits per heavy atom. The first-order chi connectivity index (χ1) is 8.91. The highest BCUT2D eigenvalue weighted by atomic mass is 32.7. The van der Waals surface area contributed by atoms with Gasteiger partial charge in [-0.2, -0.15) is 0 Å². The Hall–Kier alpha value is -0.540. The second-order valence-electron chi connectivity index (χ2n) is 4.57. The zero-order valence-corrected chi connectivity index (χ0v) is 13.5. The van der Waals surface area contributed by atoms with Gasteiger partial charge in [0, 0.05) is 0 Å². The van der Waals surface area contributed by atoms with Crippen LogP contribution < -0.4 is 0 Å². The Bertz CT molecular complexity index is 429. The van der Waals surface area contributed by atoms with Gasteiger partial charge in [-0.05, 0) is 56.1 Å². The minimum Gasteiger partial charge on any atom is -0.298 e. The highest BCUT2D eigenvalue weighted by Gasteiger charge is 2.27. The van der Waals surface area contributed by atoms with E-state index in [1.165, 1.54) is 0 Å². The van der Waals surface area contributed by atoms with Crippen molar-refractivity contribution in [2.75, 3.05) is 0 Å². The molecule has 0 saturated heterocycles. The fourth-order valence-electron chi connectivity index (χ4n) is 1.34. The summed E-state index contributed by atoms with van der Waals surface area (Å²) < 4.78 is 23.4. The number of rotatable bonds is 7. The lowest BCUT2D eigenvalue weighted by atomic mass is 10.2. The monoisotopic (exact) mass is 300 g/mol. The molecule has 0 saturated carbocycles. The van der Waals surface area contributed by atoms with Crippen molar-refractivity contribution in [3.8, 4) is 0 Å². The standard InChI is InChI=1S/C14H21O3PS/c1-12(2)16-18(15,17-13(3)4)19-11-10-14-8-6-5-7-9-14/h5-13H,1-4H3/b11-10+. The quantitative estimate of drug-likeness (QED) is 0.636. The van der Waals surface area contributed by atoms with Crippen LogP contribution in [-0.2, 0) is 13.6 Å². The predicted octanol–water partition coefficient (Wildman–Crippen LogP) is 5.35. The molecule has 0 radical (unpaired) electrons. The smallest absolute Gasteiger partial charge is 0.298 e. The highest BCUT2D eigenvalue weighted by molar-refractivity contribution is 8.56. The first kappa shape index (κ1) is 16.5. The van der Waals surface area contributed by atoms with Crippen LogP contribution in [0.4, 0.5) is 0 Å². The minimum atomic E-state index is -3.14. The van der Waals surface area contributed by atoms with Crippen LogP contribution in [0.3, 0.4) is 0 Å². The molecule has 0 aliphatic heterocycles. The van der Waals surface area contributed by atoms with E-state index in [9.17, 15) is 4.57 Å². The lowest BCUT2D eigenvalue weighted by molar-refractivity contribution is 0.156. The number of benzene rings is 1. The summed E-state index contributed by atoms with van der Waals surface area (Å²) in [5.41, 5.74) is 1.05. The molecule has 0 aliphatic rings. The maximum Gasteiger partial charge on any atom is 0.393 e. The molecular weight excluding hydrogens is 279 g/mol. The number of hydrogen-bond acceptors (Lipinski definition) is 4. The van der Waals surface area contributed by atoms with Gasteiger partial charge in [-0.3, -0.25) is 9.05 Å². The summed E-state index contributed by atoms with van der Waals surface area (Å²) in [5.74, 6) is 0. The van der Waals surface area contributed by atoms with Crippen LogP contribution in [0, 0.1) is 0 Å². The van der Waals surface area contributed by atoms with Crippen molar-refractivity contribution in [3.05, 3.63) is 41.3 Å². The van der Waals surface area contributed by atoms with Gasteiger partial charge >= 0.3 is 6.80 Å². The van der Waals surface area contributed by atoms with E-state index in [0.29, 0.717) is 0 Å². The van der Waals surface area contributed by atoms with Crippen molar-refractivity contribution >= 4 is 24.3 Å². The van der Waals surface area contributed by atoms with E-state index in [1.807, 2.05) is 64.1 Å². The van der Waals surface area contributed by atoms with Crippen molar-refractivity contribution in [3.63, 3.8) is 0 Å². The van der Waals surface area contributed by atoms with Crippen LogP contribution >= 0.6 is 18.2 Å². The molecule has 0 N–H and O–H groups in total. The third-order valence-corrected chi connectivity index (χ3v) is 5.46. The van der Waals surface area contributed by atoms with Crippen LogP contribution in [0.25, 0.3) is 6.08 Å². The van der Waals surface area contributed by atoms with Gasteiger partial charge in [0.25, 0.3) is 0 Å². The van der Waals surface area contributed by atoms with Crippen LogP contribution in [0.15, 0.2) is 35.7 Å². The Morgan fingerprint density at radius 3 is 2.05 bits per heavy atom. The van der Waals surface area contributed by atoms with Gasteiger partial charge in [0.05, 0.1) is 12.2 Å². The molecule has 0 heterocycles. The predicted molar refractivity (Wildman–Crippen MR) is 83.1 cm³/mol. The van der Waals surface area contributed by atoms with Gasteiger partial charge in [-0.1, -0.05) is 30.3 Å². The molecule has 0 atom stereocenters. The van der Waals surface area contributed by atoms with Crippen LogP contribution in [0.1, 0.15) is 33.3 Å². The van der Waals surface area contributed by atoms with E-state index in [4.69, 9.17) is 9.05 Å². The maximum absolute atomic E-state index is 12.5. The molecule has 0 unspecified atom stereocenters. The van der Waals surface area contributed by atoms with Gasteiger partial charge in [0.1, 0.15) is 0 Å². The summed E-state index contributed by atoms with van der Waals surface area (Å²) in [5, 5.41) is 1.76. The molecule has 19 heavy (non-hydrogen) atoms. The second kappa shape index (κ2) is 7.91. The summed E-state index contributed by atoms with van der Waals surface area (Å²) in [6.07, 6.45) is 1.62. The van der Waals surface area contributed by atoms with E-state index in [-0.39, 0.29) is 12.2 Å². The summed E-state index contributed by atoms with van der Waals surface area (Å²) in [7, 11) is 0. The largest absolute Gasteiger partial charge is 0.393 e. The Labute approximate surface area is 119 Å². The molecule has 1 aromatic rings. The zero-order chi connectivity index (χ0) is 14.3. The molecule has 1 aromatic carbocycles. The van der Waals surface area contributed by atoms with Gasteiger partial charge in [0.15, 0.2) is 0 Å². The molecule has 3 nitrogen and oxygen atoms in total. The normalized spacial score (nSPS) is 12.7. The first-order valence-electron chi connectivity index (χ1n) is 6.28. The Balaban J connectivity index is 2.68. The van der Waals surface area contributed by atoms with E-state index in [1.54, 1.807) is 5.41 Å². The minimum absolute atomic E-state index is 0.137. The third-order valence-electron chi connectivity index (χ3n) is 1.93. The third kappa shape index (κ3) is 6.98. The van der Waals surface area contributed by atoms with E-state index >= 15 is 0 Å². The molecular formula is C14H21O3PS. The fourth-order valence-corrected chi connectivity index (χ4v) is 4.85. The average molecular weight is 300 g/mol. The van der Waals surface area contributed by atoms with Crippen molar-refractivity contribution < 1.29 is 13.6 Å². The Morgan fingerprint density at radius 1 is 1.05 bits per heavy atom. The molecule has 0 amide bonds. The SMILES string of the molecule is CC(C)OP(=O)(OC(C)C)S/C=C/c1ccccc1. The molecule has 1 rings (SSSR count). The van der Waals surface area contributed by atoms with Crippen LogP contribution in [-0.4, -0.2) is 12.2 Å². The zero-order valence-electron chi connectivity index (χ0n) is 11.8. The topological polar surface area (TPSA) is 35.5 Å². The number of hydrogen-bond donors (Lipinski definition) is 0. The lowest BCUT2D eigenvalue weighted by Crippen LogP contribution is -2.05. The molecule has 106 valence electrons. The second-order valence-corrected chi connectivity index (χ2v) is 8.35. The van der Waals surface area contributed by atoms with Crippen LogP contribution in [0.2, 0.25) is 0 Å². The molecule has 0 fully saturated rings. The van der Waals surface area contributed by atoms with Gasteiger partial charge in [-0.15, -0.1) is 0 Å². The first-order valence-corrected chi connectivity index (χ1v) is 9.31. The fraction of sp³-hybridized carbons (Fsp3) is 0.429.